The third-order valence-corrected chi connectivity index (χ3v) is 4.07. The van der Waals surface area contributed by atoms with Crippen LogP contribution >= 0.6 is 0 Å². The SMILES string of the molecule is O=C(c1cnc2nccnc2c1)N(Cc1ccccc1)c1ccccc1. The standard InChI is InChI=1S/C21H16N4O/c26-21(17-13-19-20(24-14-17)23-12-11-22-19)25(18-9-5-2-6-10-18)15-16-7-3-1-4-8-16/h1-14H,15H2. The van der Waals surface area contributed by atoms with Crippen LogP contribution in [0.15, 0.2) is 85.3 Å². The molecule has 0 aliphatic heterocycles. The van der Waals surface area contributed by atoms with E-state index < -0.39 is 0 Å². The van der Waals surface area contributed by atoms with Gasteiger partial charge in [-0.25, -0.2) is 9.97 Å². The van der Waals surface area contributed by atoms with Crippen LogP contribution in [-0.2, 0) is 6.54 Å². The van der Waals surface area contributed by atoms with Crippen LogP contribution in [0.3, 0.4) is 0 Å². The molecule has 0 spiro atoms. The lowest BCUT2D eigenvalue weighted by Crippen LogP contribution is -2.30. The number of hydrogen-bond donors (Lipinski definition) is 0. The van der Waals surface area contributed by atoms with Gasteiger partial charge in [0.15, 0.2) is 5.65 Å². The minimum Gasteiger partial charge on any atom is -0.304 e. The van der Waals surface area contributed by atoms with Crippen LogP contribution < -0.4 is 4.90 Å². The summed E-state index contributed by atoms with van der Waals surface area (Å²) in [5.74, 6) is -0.125. The van der Waals surface area contributed by atoms with Crippen molar-refractivity contribution in [2.75, 3.05) is 4.90 Å². The lowest BCUT2D eigenvalue weighted by Gasteiger charge is -2.23. The molecule has 2 aromatic carbocycles. The second-order valence-electron chi connectivity index (χ2n) is 5.84. The molecule has 0 fully saturated rings. The Hall–Kier alpha value is -3.60. The van der Waals surface area contributed by atoms with E-state index in [1.807, 2.05) is 60.7 Å². The molecule has 0 radical (unpaired) electrons. The molecule has 0 atom stereocenters. The summed E-state index contributed by atoms with van der Waals surface area (Å²) in [5, 5.41) is 0. The van der Waals surface area contributed by atoms with Crippen LogP contribution in [0.2, 0.25) is 0 Å². The first-order chi connectivity index (χ1) is 12.8. The van der Waals surface area contributed by atoms with E-state index in [9.17, 15) is 4.79 Å². The summed E-state index contributed by atoms with van der Waals surface area (Å²) in [6, 6.07) is 21.3. The van der Waals surface area contributed by atoms with Gasteiger partial charge in [-0.05, 0) is 23.8 Å². The molecule has 0 saturated carbocycles. The maximum absolute atomic E-state index is 13.2. The molecule has 2 aromatic heterocycles. The van der Waals surface area contributed by atoms with Gasteiger partial charge in [-0.15, -0.1) is 0 Å². The third-order valence-electron chi connectivity index (χ3n) is 4.07. The number of anilines is 1. The van der Waals surface area contributed by atoms with Gasteiger partial charge >= 0.3 is 0 Å². The van der Waals surface area contributed by atoms with Crippen LogP contribution in [-0.4, -0.2) is 20.9 Å². The number of nitrogens with zero attached hydrogens (tertiary/aromatic N) is 4. The van der Waals surface area contributed by atoms with E-state index in [0.29, 0.717) is 23.3 Å². The molecular formula is C21H16N4O. The Labute approximate surface area is 151 Å². The first-order valence-corrected chi connectivity index (χ1v) is 8.29. The number of carbonyl (C=O) groups is 1. The number of fused-ring (bicyclic) bond motifs is 1. The van der Waals surface area contributed by atoms with E-state index in [4.69, 9.17) is 0 Å². The number of hydrogen-bond acceptors (Lipinski definition) is 4. The largest absolute Gasteiger partial charge is 0.304 e. The minimum atomic E-state index is -0.125. The Morgan fingerprint density at radius 2 is 1.54 bits per heavy atom. The van der Waals surface area contributed by atoms with E-state index in [0.717, 1.165) is 11.3 Å². The zero-order valence-corrected chi connectivity index (χ0v) is 14.0. The Kier molecular flexibility index (Phi) is 4.35. The topological polar surface area (TPSA) is 59.0 Å². The number of para-hydroxylation sites is 1. The van der Waals surface area contributed by atoms with Crippen molar-refractivity contribution in [1.82, 2.24) is 15.0 Å². The average Bonchev–Trinajstić information content (AvgIpc) is 2.72. The number of aromatic nitrogens is 3. The van der Waals surface area contributed by atoms with Gasteiger partial charge in [0.1, 0.15) is 5.52 Å². The zero-order valence-electron chi connectivity index (χ0n) is 14.0. The fourth-order valence-electron chi connectivity index (χ4n) is 2.79. The highest BCUT2D eigenvalue weighted by atomic mass is 16.2. The highest BCUT2D eigenvalue weighted by Crippen LogP contribution is 2.20. The smallest absolute Gasteiger partial charge is 0.260 e. The van der Waals surface area contributed by atoms with Crippen molar-refractivity contribution in [3.05, 3.63) is 96.4 Å². The molecular weight excluding hydrogens is 324 g/mol. The van der Waals surface area contributed by atoms with E-state index in [-0.39, 0.29) is 5.91 Å². The summed E-state index contributed by atoms with van der Waals surface area (Å²) in [6.45, 7) is 0.474. The molecule has 4 rings (SSSR count). The lowest BCUT2D eigenvalue weighted by molar-refractivity contribution is 0.0985. The van der Waals surface area contributed by atoms with Gasteiger partial charge in [-0.3, -0.25) is 9.78 Å². The lowest BCUT2D eigenvalue weighted by atomic mass is 10.1. The van der Waals surface area contributed by atoms with Crippen LogP contribution in [0.1, 0.15) is 15.9 Å². The van der Waals surface area contributed by atoms with Gasteiger partial charge in [-0.1, -0.05) is 48.5 Å². The maximum atomic E-state index is 13.2. The first kappa shape index (κ1) is 15.9. The molecule has 0 aliphatic rings. The van der Waals surface area contributed by atoms with Crippen LogP contribution in [0, 0.1) is 0 Å². The number of benzene rings is 2. The fourth-order valence-corrected chi connectivity index (χ4v) is 2.79. The molecule has 5 heteroatoms. The predicted molar refractivity (Wildman–Crippen MR) is 101 cm³/mol. The van der Waals surface area contributed by atoms with E-state index >= 15 is 0 Å². The first-order valence-electron chi connectivity index (χ1n) is 8.29. The van der Waals surface area contributed by atoms with E-state index in [1.165, 1.54) is 0 Å². The Morgan fingerprint density at radius 3 is 2.31 bits per heavy atom. The normalized spacial score (nSPS) is 10.6. The molecule has 0 N–H and O–H groups in total. The number of pyridine rings is 1. The van der Waals surface area contributed by atoms with Gasteiger partial charge < -0.3 is 4.90 Å². The van der Waals surface area contributed by atoms with Crippen LogP contribution in [0.25, 0.3) is 11.2 Å². The molecule has 126 valence electrons. The quantitative estimate of drug-likeness (QED) is 0.566. The summed E-state index contributed by atoms with van der Waals surface area (Å²) in [6.07, 6.45) is 4.74. The van der Waals surface area contributed by atoms with Crippen molar-refractivity contribution >= 4 is 22.8 Å². The fraction of sp³-hybridized carbons (Fsp3) is 0.0476. The van der Waals surface area contributed by atoms with Crippen molar-refractivity contribution in [3.8, 4) is 0 Å². The summed E-state index contributed by atoms with van der Waals surface area (Å²) in [7, 11) is 0. The van der Waals surface area contributed by atoms with Crippen molar-refractivity contribution in [1.29, 1.82) is 0 Å². The van der Waals surface area contributed by atoms with Gasteiger partial charge in [-0.2, -0.15) is 0 Å². The van der Waals surface area contributed by atoms with E-state index in [1.54, 1.807) is 29.6 Å². The molecule has 5 nitrogen and oxygen atoms in total. The van der Waals surface area contributed by atoms with Crippen LogP contribution in [0.4, 0.5) is 5.69 Å². The Morgan fingerprint density at radius 1 is 0.846 bits per heavy atom. The van der Waals surface area contributed by atoms with Gasteiger partial charge in [0, 0.05) is 24.3 Å². The predicted octanol–water partition coefficient (Wildman–Crippen LogP) is 3.87. The molecule has 26 heavy (non-hydrogen) atoms. The van der Waals surface area contributed by atoms with Gasteiger partial charge in [0.25, 0.3) is 5.91 Å². The Bertz CT molecular complexity index is 1040. The zero-order chi connectivity index (χ0) is 17.8. The minimum absolute atomic E-state index is 0.125. The van der Waals surface area contributed by atoms with Crippen molar-refractivity contribution in [2.45, 2.75) is 6.54 Å². The average molecular weight is 340 g/mol. The molecule has 0 bridgehead atoms. The second-order valence-corrected chi connectivity index (χ2v) is 5.84. The van der Waals surface area contributed by atoms with Gasteiger partial charge in [0.05, 0.1) is 12.1 Å². The van der Waals surface area contributed by atoms with Crippen LogP contribution in [0.5, 0.6) is 0 Å². The Balaban J connectivity index is 1.73. The summed E-state index contributed by atoms with van der Waals surface area (Å²) in [5.41, 5.74) is 3.50. The van der Waals surface area contributed by atoms with Crippen molar-refractivity contribution in [3.63, 3.8) is 0 Å². The maximum Gasteiger partial charge on any atom is 0.260 e. The van der Waals surface area contributed by atoms with Crippen molar-refractivity contribution < 1.29 is 4.79 Å². The van der Waals surface area contributed by atoms with Gasteiger partial charge in [0.2, 0.25) is 0 Å². The number of amides is 1. The molecule has 1 amide bonds. The molecule has 4 aromatic rings. The summed E-state index contributed by atoms with van der Waals surface area (Å²) < 4.78 is 0. The molecule has 0 unspecified atom stereocenters. The molecule has 0 aliphatic carbocycles. The number of rotatable bonds is 4. The number of carbonyl (C=O) groups excluding carboxylic acids is 1. The van der Waals surface area contributed by atoms with Crippen molar-refractivity contribution in [2.24, 2.45) is 0 Å². The summed E-state index contributed by atoms with van der Waals surface area (Å²) >= 11 is 0. The molecule has 2 heterocycles. The highest BCUT2D eigenvalue weighted by Gasteiger charge is 2.19. The molecule has 0 saturated heterocycles. The van der Waals surface area contributed by atoms with E-state index in [2.05, 4.69) is 15.0 Å². The summed E-state index contributed by atoms with van der Waals surface area (Å²) in [4.78, 5) is 27.6. The second kappa shape index (κ2) is 7.11. The highest BCUT2D eigenvalue weighted by molar-refractivity contribution is 6.06. The monoisotopic (exact) mass is 340 g/mol. The third kappa shape index (κ3) is 3.28.